The second kappa shape index (κ2) is 7.27. The zero-order valence-electron chi connectivity index (χ0n) is 16.0. The third-order valence-electron chi connectivity index (χ3n) is 4.85. The molecule has 1 amide bonds. The number of nitrogens with zero attached hydrogens (tertiary/aromatic N) is 2. The highest BCUT2D eigenvalue weighted by Crippen LogP contribution is 2.36. The van der Waals surface area contributed by atoms with E-state index in [1.54, 1.807) is 16.8 Å². The van der Waals surface area contributed by atoms with Crippen LogP contribution in [-0.4, -0.2) is 26.8 Å². The Bertz CT molecular complexity index is 1110. The van der Waals surface area contributed by atoms with Gasteiger partial charge in [-0.25, -0.2) is 9.48 Å². The number of carboxylic acid groups (broad SMARTS) is 1. The number of rotatable bonds is 4. The molecular weight excluding hydrogens is 368 g/mol. The van der Waals surface area contributed by atoms with E-state index in [1.165, 1.54) is 12.1 Å². The van der Waals surface area contributed by atoms with Gasteiger partial charge in [-0.1, -0.05) is 30.3 Å². The molecule has 0 fully saturated rings. The summed E-state index contributed by atoms with van der Waals surface area (Å²) in [5, 5.41) is 19.9. The second-order valence-electron chi connectivity index (χ2n) is 6.93. The predicted octanol–water partition coefficient (Wildman–Crippen LogP) is 3.82. The van der Waals surface area contributed by atoms with E-state index in [-0.39, 0.29) is 11.5 Å². The number of amides is 1. The molecule has 0 bridgehead atoms. The number of anilines is 2. The van der Waals surface area contributed by atoms with Crippen LogP contribution in [-0.2, 0) is 4.79 Å². The van der Waals surface area contributed by atoms with Gasteiger partial charge in [0, 0.05) is 17.5 Å². The quantitative estimate of drug-likeness (QED) is 0.631. The average molecular weight is 388 g/mol. The first-order chi connectivity index (χ1) is 13.9. The fourth-order valence-electron chi connectivity index (χ4n) is 3.52. The molecule has 2 heterocycles. The summed E-state index contributed by atoms with van der Waals surface area (Å²) in [6.07, 6.45) is 0. The minimum Gasteiger partial charge on any atom is -0.478 e. The maximum absolute atomic E-state index is 13.2. The van der Waals surface area contributed by atoms with Gasteiger partial charge in [-0.3, -0.25) is 4.79 Å². The number of hydrogen-bond acceptors (Lipinski definition) is 4. The first-order valence-electron chi connectivity index (χ1n) is 9.17. The summed E-state index contributed by atoms with van der Waals surface area (Å²) in [5.41, 5.74) is 3.72. The molecule has 146 valence electrons. The number of hydrogen-bond donors (Lipinski definition) is 3. The molecule has 0 saturated heterocycles. The molecule has 1 unspecified atom stereocenters. The maximum Gasteiger partial charge on any atom is 0.335 e. The molecule has 3 aromatic rings. The third kappa shape index (κ3) is 3.50. The predicted molar refractivity (Wildman–Crippen MR) is 110 cm³/mol. The minimum absolute atomic E-state index is 0.190. The van der Waals surface area contributed by atoms with Gasteiger partial charge in [0.25, 0.3) is 5.91 Å². The van der Waals surface area contributed by atoms with Crippen LogP contribution in [0.15, 0.2) is 71.9 Å². The fourth-order valence-corrected chi connectivity index (χ4v) is 3.52. The molecule has 0 aliphatic carbocycles. The minimum atomic E-state index is -0.994. The van der Waals surface area contributed by atoms with E-state index in [0.29, 0.717) is 11.3 Å². The lowest BCUT2D eigenvalue weighted by molar-refractivity contribution is -0.113. The number of nitrogens with one attached hydrogen (secondary N) is 2. The highest BCUT2D eigenvalue weighted by atomic mass is 16.4. The van der Waals surface area contributed by atoms with Crippen LogP contribution in [0.25, 0.3) is 0 Å². The Morgan fingerprint density at radius 2 is 1.76 bits per heavy atom. The molecule has 7 nitrogen and oxygen atoms in total. The van der Waals surface area contributed by atoms with Crippen molar-refractivity contribution in [3.63, 3.8) is 0 Å². The second-order valence-corrected chi connectivity index (χ2v) is 6.93. The number of carbonyl (C=O) groups excluding carboxylic acids is 1. The van der Waals surface area contributed by atoms with Gasteiger partial charge in [-0.15, -0.1) is 0 Å². The van der Waals surface area contributed by atoms with Crippen LogP contribution >= 0.6 is 0 Å². The van der Waals surface area contributed by atoms with Gasteiger partial charge in [0.15, 0.2) is 0 Å². The number of carboxylic acids is 1. The Balaban J connectivity index is 1.78. The zero-order chi connectivity index (χ0) is 20.5. The number of aryl methyl sites for hydroxylation is 1. The summed E-state index contributed by atoms with van der Waals surface area (Å²) in [7, 11) is 0. The Hall–Kier alpha value is -3.87. The molecule has 1 aliphatic heterocycles. The van der Waals surface area contributed by atoms with Crippen molar-refractivity contribution in [3.8, 4) is 0 Å². The molecule has 0 spiro atoms. The van der Waals surface area contributed by atoms with E-state index in [0.717, 1.165) is 22.8 Å². The number of fused-ring (bicyclic) bond motifs is 1. The summed E-state index contributed by atoms with van der Waals surface area (Å²) in [5.74, 6) is -0.456. The Kier molecular flexibility index (Phi) is 4.64. The van der Waals surface area contributed by atoms with Crippen LogP contribution in [0.1, 0.15) is 34.6 Å². The molecule has 2 aromatic carbocycles. The summed E-state index contributed by atoms with van der Waals surface area (Å²) in [6, 6.07) is 17.2. The molecule has 0 saturated carbocycles. The van der Waals surface area contributed by atoms with Crippen LogP contribution in [0.4, 0.5) is 11.5 Å². The number of benzene rings is 2. The van der Waals surface area contributed by atoms with Crippen LogP contribution < -0.4 is 10.6 Å². The molecular formula is C22H20N4O3. The van der Waals surface area contributed by atoms with Crippen molar-refractivity contribution in [2.45, 2.75) is 19.9 Å². The van der Waals surface area contributed by atoms with Crippen LogP contribution in [0.5, 0.6) is 0 Å². The van der Waals surface area contributed by atoms with E-state index in [9.17, 15) is 14.7 Å². The van der Waals surface area contributed by atoms with Crippen LogP contribution in [0, 0.1) is 6.92 Å². The summed E-state index contributed by atoms with van der Waals surface area (Å²) in [6.45, 7) is 3.74. The van der Waals surface area contributed by atoms with E-state index in [2.05, 4.69) is 15.7 Å². The normalized spacial score (nSPS) is 15.4. The largest absolute Gasteiger partial charge is 0.478 e. The van der Waals surface area contributed by atoms with Crippen molar-refractivity contribution >= 4 is 23.4 Å². The molecule has 29 heavy (non-hydrogen) atoms. The molecule has 4 rings (SSSR count). The standard InChI is InChI=1S/C22H20N4O3/c1-13-12-18-23-14(2)19(21(27)24-17-6-4-3-5-7-17)20(26(18)25-13)15-8-10-16(11-9-15)22(28)29/h3-12,20,23H,1-2H3,(H,24,27)(H,28,29). The van der Waals surface area contributed by atoms with Gasteiger partial charge in [0.2, 0.25) is 0 Å². The van der Waals surface area contributed by atoms with Crippen molar-refractivity contribution in [2.24, 2.45) is 0 Å². The van der Waals surface area contributed by atoms with Gasteiger partial charge in [0.05, 0.1) is 16.8 Å². The zero-order valence-corrected chi connectivity index (χ0v) is 16.0. The number of para-hydroxylation sites is 1. The molecule has 1 aliphatic rings. The van der Waals surface area contributed by atoms with E-state index in [1.807, 2.05) is 50.2 Å². The van der Waals surface area contributed by atoms with Crippen LogP contribution in [0.2, 0.25) is 0 Å². The van der Waals surface area contributed by atoms with Crippen LogP contribution in [0.3, 0.4) is 0 Å². The number of allylic oxidation sites excluding steroid dienone is 1. The Labute approximate surface area is 167 Å². The van der Waals surface area contributed by atoms with Gasteiger partial charge in [-0.05, 0) is 43.7 Å². The molecule has 3 N–H and O–H groups in total. The number of carbonyl (C=O) groups is 2. The summed E-state index contributed by atoms with van der Waals surface area (Å²) in [4.78, 5) is 24.4. The maximum atomic E-state index is 13.2. The first-order valence-corrected chi connectivity index (χ1v) is 9.17. The lowest BCUT2D eigenvalue weighted by atomic mass is 9.94. The van der Waals surface area contributed by atoms with Gasteiger partial charge >= 0.3 is 5.97 Å². The van der Waals surface area contributed by atoms with Crippen molar-refractivity contribution in [1.82, 2.24) is 9.78 Å². The molecule has 1 aromatic heterocycles. The summed E-state index contributed by atoms with van der Waals surface area (Å²) < 4.78 is 1.76. The SMILES string of the molecule is CC1=C(C(=O)Nc2ccccc2)C(c2ccc(C(=O)O)cc2)n2nc(C)cc2N1. The first kappa shape index (κ1) is 18.5. The van der Waals surface area contributed by atoms with Crippen molar-refractivity contribution in [1.29, 1.82) is 0 Å². The average Bonchev–Trinajstić information content (AvgIpc) is 3.07. The fraction of sp³-hybridized carbons (Fsp3) is 0.136. The van der Waals surface area contributed by atoms with Gasteiger partial charge in [-0.2, -0.15) is 5.10 Å². The highest BCUT2D eigenvalue weighted by Gasteiger charge is 2.33. The third-order valence-corrected chi connectivity index (χ3v) is 4.85. The van der Waals surface area contributed by atoms with E-state index >= 15 is 0 Å². The van der Waals surface area contributed by atoms with Crippen molar-refractivity contribution in [3.05, 3.63) is 88.8 Å². The van der Waals surface area contributed by atoms with Gasteiger partial charge in [0.1, 0.15) is 11.9 Å². The summed E-state index contributed by atoms with van der Waals surface area (Å²) >= 11 is 0. The Morgan fingerprint density at radius 1 is 1.07 bits per heavy atom. The molecule has 0 radical (unpaired) electrons. The lowest BCUT2D eigenvalue weighted by Gasteiger charge is -2.29. The van der Waals surface area contributed by atoms with Gasteiger partial charge < -0.3 is 15.7 Å². The van der Waals surface area contributed by atoms with E-state index in [4.69, 9.17) is 0 Å². The topological polar surface area (TPSA) is 96.3 Å². The highest BCUT2D eigenvalue weighted by molar-refractivity contribution is 6.06. The van der Waals surface area contributed by atoms with Crippen molar-refractivity contribution in [2.75, 3.05) is 10.6 Å². The van der Waals surface area contributed by atoms with E-state index < -0.39 is 12.0 Å². The lowest BCUT2D eigenvalue weighted by Crippen LogP contribution is -2.31. The Morgan fingerprint density at radius 3 is 2.41 bits per heavy atom. The number of aromatic carboxylic acids is 1. The molecule has 7 heteroatoms. The van der Waals surface area contributed by atoms with Crippen molar-refractivity contribution < 1.29 is 14.7 Å². The monoisotopic (exact) mass is 388 g/mol. The smallest absolute Gasteiger partial charge is 0.335 e. The molecule has 1 atom stereocenters. The number of aromatic nitrogens is 2.